The molecule has 2 rings (SSSR count). The summed E-state index contributed by atoms with van der Waals surface area (Å²) in [6, 6.07) is 7.73. The summed E-state index contributed by atoms with van der Waals surface area (Å²) in [6.07, 6.45) is 2.15. The second-order valence-corrected chi connectivity index (χ2v) is 7.32. The van der Waals surface area contributed by atoms with Crippen LogP contribution in [-0.4, -0.2) is 26.6 Å². The number of nitrogens with one attached hydrogen (secondary N) is 1. The smallest absolute Gasteiger partial charge is 0.328 e. The molecule has 2 N–H and O–H groups in total. The van der Waals surface area contributed by atoms with E-state index in [-0.39, 0.29) is 20.8 Å². The topological polar surface area (TPSA) is 92.7 Å². The van der Waals surface area contributed by atoms with Gasteiger partial charge in [-0.25, -0.2) is 17.6 Å². The molecule has 0 spiro atoms. The Morgan fingerprint density at radius 2 is 2.00 bits per heavy atom. The van der Waals surface area contributed by atoms with Gasteiger partial charge in [-0.05, 0) is 57.9 Å². The fourth-order valence-corrected chi connectivity index (χ4v) is 3.81. The molecule has 0 saturated carbocycles. The van der Waals surface area contributed by atoms with Crippen molar-refractivity contribution in [3.8, 4) is 5.75 Å². The third-order valence-electron chi connectivity index (χ3n) is 3.07. The van der Waals surface area contributed by atoms with Crippen molar-refractivity contribution in [1.82, 2.24) is 0 Å². The third-order valence-corrected chi connectivity index (χ3v) is 5.11. The Hall–Kier alpha value is -2.39. The average Bonchev–Trinajstić information content (AvgIpc) is 2.55. The van der Waals surface area contributed by atoms with Crippen LogP contribution in [0.1, 0.15) is 5.56 Å². The number of carboxylic acid groups (broad SMARTS) is 1. The van der Waals surface area contributed by atoms with Gasteiger partial charge in [-0.15, -0.1) is 0 Å². The Labute approximate surface area is 152 Å². The zero-order valence-corrected chi connectivity index (χ0v) is 15.3. The van der Waals surface area contributed by atoms with Gasteiger partial charge in [0.05, 0.1) is 12.8 Å². The van der Waals surface area contributed by atoms with E-state index < -0.39 is 21.8 Å². The van der Waals surface area contributed by atoms with Gasteiger partial charge in [0, 0.05) is 10.5 Å². The highest BCUT2D eigenvalue weighted by Crippen LogP contribution is 2.30. The Morgan fingerprint density at radius 3 is 2.60 bits per heavy atom. The standard InChI is InChI=1S/C16H13BrFNO5S/c1-24-14-6-2-10(3-7-16(20)21)8-15(14)25(22,23)19-13-5-4-11(18)9-12(13)17/h2-9,19H,1H3,(H,20,21). The van der Waals surface area contributed by atoms with Crippen molar-refractivity contribution in [2.45, 2.75) is 4.90 Å². The van der Waals surface area contributed by atoms with Crippen LogP contribution in [0.15, 0.2) is 51.8 Å². The summed E-state index contributed by atoms with van der Waals surface area (Å²) in [5, 5.41) is 8.67. The molecule has 0 heterocycles. The summed E-state index contributed by atoms with van der Waals surface area (Å²) < 4.78 is 46.1. The van der Waals surface area contributed by atoms with E-state index in [0.717, 1.165) is 18.2 Å². The Kier molecular flexibility index (Phi) is 5.81. The summed E-state index contributed by atoms with van der Waals surface area (Å²) in [6.45, 7) is 0. The van der Waals surface area contributed by atoms with Crippen LogP contribution >= 0.6 is 15.9 Å². The molecule has 6 nitrogen and oxygen atoms in total. The molecular weight excluding hydrogens is 417 g/mol. The van der Waals surface area contributed by atoms with E-state index in [1.807, 2.05) is 0 Å². The predicted octanol–water partition coefficient (Wildman–Crippen LogP) is 3.50. The molecule has 0 aliphatic heterocycles. The molecule has 132 valence electrons. The fraction of sp³-hybridized carbons (Fsp3) is 0.0625. The number of benzene rings is 2. The van der Waals surface area contributed by atoms with Gasteiger partial charge < -0.3 is 9.84 Å². The number of hydrogen-bond acceptors (Lipinski definition) is 4. The third kappa shape index (κ3) is 4.80. The molecule has 0 aliphatic carbocycles. The molecule has 0 radical (unpaired) electrons. The largest absolute Gasteiger partial charge is 0.495 e. The van der Waals surface area contributed by atoms with E-state index in [1.165, 1.54) is 37.5 Å². The molecule has 2 aromatic carbocycles. The lowest BCUT2D eigenvalue weighted by Crippen LogP contribution is -2.14. The minimum absolute atomic E-state index is 0.0817. The zero-order chi connectivity index (χ0) is 18.6. The summed E-state index contributed by atoms with van der Waals surface area (Å²) >= 11 is 3.09. The number of sulfonamides is 1. The second kappa shape index (κ2) is 7.66. The number of carboxylic acids is 1. The summed E-state index contributed by atoms with van der Waals surface area (Å²) in [5.41, 5.74) is 0.511. The molecule has 0 amide bonds. The van der Waals surface area contributed by atoms with Crippen LogP contribution in [0.3, 0.4) is 0 Å². The molecule has 2 aromatic rings. The van der Waals surface area contributed by atoms with Crippen LogP contribution < -0.4 is 9.46 Å². The van der Waals surface area contributed by atoms with Crippen molar-refractivity contribution in [2.75, 3.05) is 11.8 Å². The minimum Gasteiger partial charge on any atom is -0.495 e. The minimum atomic E-state index is -4.06. The normalized spacial score (nSPS) is 11.5. The van der Waals surface area contributed by atoms with Crippen LogP contribution in [0, 0.1) is 5.82 Å². The number of hydrogen-bond donors (Lipinski definition) is 2. The van der Waals surface area contributed by atoms with Crippen molar-refractivity contribution in [2.24, 2.45) is 0 Å². The molecule has 0 bridgehead atoms. The second-order valence-electron chi connectivity index (χ2n) is 4.81. The summed E-state index contributed by atoms with van der Waals surface area (Å²) in [4.78, 5) is 10.4. The molecular formula is C16H13BrFNO5S. The summed E-state index contributed by atoms with van der Waals surface area (Å²) in [7, 11) is -2.75. The van der Waals surface area contributed by atoms with Gasteiger partial charge >= 0.3 is 5.97 Å². The van der Waals surface area contributed by atoms with E-state index in [1.54, 1.807) is 0 Å². The van der Waals surface area contributed by atoms with E-state index in [0.29, 0.717) is 5.56 Å². The monoisotopic (exact) mass is 429 g/mol. The van der Waals surface area contributed by atoms with E-state index in [4.69, 9.17) is 9.84 Å². The molecule has 0 aromatic heterocycles. The number of methoxy groups -OCH3 is 1. The molecule has 9 heteroatoms. The number of aliphatic carboxylic acids is 1. The highest BCUT2D eigenvalue weighted by molar-refractivity contribution is 9.10. The van der Waals surface area contributed by atoms with E-state index >= 15 is 0 Å². The maximum atomic E-state index is 13.1. The molecule has 0 saturated heterocycles. The number of carbonyl (C=O) groups is 1. The van der Waals surface area contributed by atoms with Gasteiger partial charge in [-0.1, -0.05) is 6.07 Å². The van der Waals surface area contributed by atoms with Crippen LogP contribution in [0.4, 0.5) is 10.1 Å². The number of ether oxygens (including phenoxy) is 1. The maximum absolute atomic E-state index is 13.1. The SMILES string of the molecule is COc1ccc(C=CC(=O)O)cc1S(=O)(=O)Nc1ccc(F)cc1Br. The van der Waals surface area contributed by atoms with E-state index in [2.05, 4.69) is 20.7 Å². The molecule has 0 fully saturated rings. The van der Waals surface area contributed by atoms with Crippen LogP contribution in [-0.2, 0) is 14.8 Å². The number of anilines is 1. The lowest BCUT2D eigenvalue weighted by molar-refractivity contribution is -0.131. The number of halogens is 2. The van der Waals surface area contributed by atoms with Gasteiger partial charge in [0.15, 0.2) is 0 Å². The molecule has 0 aliphatic rings. The van der Waals surface area contributed by atoms with Crippen LogP contribution in [0.2, 0.25) is 0 Å². The van der Waals surface area contributed by atoms with Crippen molar-refractivity contribution < 1.29 is 27.4 Å². The van der Waals surface area contributed by atoms with Gasteiger partial charge in [-0.3, -0.25) is 4.72 Å². The zero-order valence-electron chi connectivity index (χ0n) is 12.9. The first-order valence-electron chi connectivity index (χ1n) is 6.80. The molecule has 25 heavy (non-hydrogen) atoms. The Bertz CT molecular complexity index is 944. The van der Waals surface area contributed by atoms with Crippen molar-refractivity contribution in [1.29, 1.82) is 0 Å². The first-order valence-corrected chi connectivity index (χ1v) is 9.07. The number of rotatable bonds is 6. The lowest BCUT2D eigenvalue weighted by atomic mass is 10.2. The average molecular weight is 430 g/mol. The van der Waals surface area contributed by atoms with Crippen LogP contribution in [0.25, 0.3) is 6.08 Å². The first kappa shape index (κ1) is 18.9. The highest BCUT2D eigenvalue weighted by atomic mass is 79.9. The molecule has 0 atom stereocenters. The Morgan fingerprint density at radius 1 is 1.28 bits per heavy atom. The van der Waals surface area contributed by atoms with E-state index in [9.17, 15) is 17.6 Å². The van der Waals surface area contributed by atoms with Gasteiger partial charge in [0.2, 0.25) is 0 Å². The predicted molar refractivity (Wildman–Crippen MR) is 94.6 cm³/mol. The Balaban J connectivity index is 2.46. The van der Waals surface area contributed by atoms with Gasteiger partial charge in [-0.2, -0.15) is 0 Å². The van der Waals surface area contributed by atoms with Crippen molar-refractivity contribution in [3.63, 3.8) is 0 Å². The quantitative estimate of drug-likeness (QED) is 0.685. The highest BCUT2D eigenvalue weighted by Gasteiger charge is 2.21. The fourth-order valence-electron chi connectivity index (χ4n) is 1.95. The lowest BCUT2D eigenvalue weighted by Gasteiger charge is -2.13. The van der Waals surface area contributed by atoms with Crippen molar-refractivity contribution >= 4 is 43.7 Å². The van der Waals surface area contributed by atoms with Crippen LogP contribution in [0.5, 0.6) is 5.75 Å². The van der Waals surface area contributed by atoms with Gasteiger partial charge in [0.25, 0.3) is 10.0 Å². The maximum Gasteiger partial charge on any atom is 0.328 e. The van der Waals surface area contributed by atoms with Crippen molar-refractivity contribution in [3.05, 3.63) is 58.3 Å². The first-order chi connectivity index (χ1) is 11.7. The summed E-state index contributed by atoms with van der Waals surface area (Å²) in [5.74, 6) is -1.60. The van der Waals surface area contributed by atoms with Gasteiger partial charge in [0.1, 0.15) is 16.5 Å². The molecule has 0 unspecified atom stereocenters.